The molecule has 2 unspecified atom stereocenters. The third-order valence-electron chi connectivity index (χ3n) is 6.31. The van der Waals surface area contributed by atoms with Gasteiger partial charge in [0.15, 0.2) is 0 Å². The van der Waals surface area contributed by atoms with Crippen molar-refractivity contribution >= 4 is 32.2 Å². The highest BCUT2D eigenvalue weighted by atomic mass is 32.2. The van der Waals surface area contributed by atoms with Crippen LogP contribution in [0.1, 0.15) is 110 Å². The third-order valence-corrected chi connectivity index (χ3v) is 9.21. The quantitative estimate of drug-likeness (QED) is 0.180. The van der Waals surface area contributed by atoms with Crippen LogP contribution in [0.4, 0.5) is 0 Å². The van der Waals surface area contributed by atoms with E-state index in [1.165, 1.54) is 13.8 Å². The van der Waals surface area contributed by atoms with Gasteiger partial charge in [-0.2, -0.15) is 16.8 Å². The van der Waals surface area contributed by atoms with E-state index in [9.17, 15) is 26.4 Å². The van der Waals surface area contributed by atoms with Crippen LogP contribution in [0.2, 0.25) is 0 Å². The van der Waals surface area contributed by atoms with Crippen LogP contribution in [0.25, 0.3) is 0 Å². The van der Waals surface area contributed by atoms with Crippen molar-refractivity contribution in [2.45, 2.75) is 133 Å². The second-order valence-corrected chi connectivity index (χ2v) is 13.1. The van der Waals surface area contributed by atoms with Gasteiger partial charge >= 0.3 is 32.2 Å². The highest BCUT2D eigenvalue weighted by molar-refractivity contribution is 7.87. The standard InChI is InChI=1S/C23H40O10S2/c1-18(34(26,27)32-20-12-6-3-7-13-20)30-22(24)16-10-5-11-17-23(25)31-19(2)35(28,29)33-21-14-8-4-9-15-21/h18-21H,3-17H2,1-2H3. The maximum atomic E-state index is 12.3. The molecule has 12 heteroatoms. The molecule has 0 saturated heterocycles. The molecule has 204 valence electrons. The zero-order valence-corrected chi connectivity index (χ0v) is 22.4. The Morgan fingerprint density at radius 3 is 1.31 bits per heavy atom. The van der Waals surface area contributed by atoms with Crippen LogP contribution in [-0.2, 0) is 47.7 Å². The minimum Gasteiger partial charge on any atom is -0.444 e. The van der Waals surface area contributed by atoms with Crippen molar-refractivity contribution in [3.05, 3.63) is 0 Å². The average Bonchev–Trinajstić information content (AvgIpc) is 2.79. The highest BCUT2D eigenvalue weighted by Gasteiger charge is 2.31. The van der Waals surface area contributed by atoms with Crippen molar-refractivity contribution in [1.82, 2.24) is 0 Å². The molecular formula is C23H40O10S2. The Labute approximate surface area is 209 Å². The topological polar surface area (TPSA) is 139 Å². The van der Waals surface area contributed by atoms with E-state index in [-0.39, 0.29) is 25.0 Å². The van der Waals surface area contributed by atoms with Crippen molar-refractivity contribution in [3.8, 4) is 0 Å². The lowest BCUT2D eigenvalue weighted by Gasteiger charge is -2.23. The van der Waals surface area contributed by atoms with Gasteiger partial charge in [-0.3, -0.25) is 18.0 Å². The molecule has 0 N–H and O–H groups in total. The van der Waals surface area contributed by atoms with E-state index in [0.29, 0.717) is 44.9 Å². The predicted octanol–water partition coefficient (Wildman–Crippen LogP) is 4.07. The number of carbonyl (C=O) groups excluding carboxylic acids is 2. The Morgan fingerprint density at radius 1 is 0.629 bits per heavy atom. The van der Waals surface area contributed by atoms with Gasteiger partial charge in [-0.1, -0.05) is 44.9 Å². The second kappa shape index (κ2) is 14.5. The minimum atomic E-state index is -4.00. The van der Waals surface area contributed by atoms with E-state index in [2.05, 4.69) is 0 Å². The van der Waals surface area contributed by atoms with E-state index in [1.807, 2.05) is 0 Å². The Bertz CT molecular complexity index is 800. The monoisotopic (exact) mass is 540 g/mol. The first-order valence-electron chi connectivity index (χ1n) is 12.7. The molecule has 2 aliphatic rings. The molecule has 0 aromatic carbocycles. The van der Waals surface area contributed by atoms with Crippen LogP contribution in [-0.4, -0.2) is 51.9 Å². The predicted molar refractivity (Wildman–Crippen MR) is 128 cm³/mol. The molecule has 0 aromatic heterocycles. The van der Waals surface area contributed by atoms with Crippen LogP contribution in [0.5, 0.6) is 0 Å². The first-order chi connectivity index (χ1) is 16.5. The summed E-state index contributed by atoms with van der Waals surface area (Å²) in [6.45, 7) is 2.55. The summed E-state index contributed by atoms with van der Waals surface area (Å²) >= 11 is 0. The number of carbonyl (C=O) groups is 2. The molecule has 0 spiro atoms. The van der Waals surface area contributed by atoms with Crippen LogP contribution < -0.4 is 0 Å². The summed E-state index contributed by atoms with van der Waals surface area (Å²) in [5, 5.41) is 0. The lowest BCUT2D eigenvalue weighted by atomic mass is 9.98. The zero-order valence-electron chi connectivity index (χ0n) is 20.8. The molecule has 35 heavy (non-hydrogen) atoms. The molecular weight excluding hydrogens is 500 g/mol. The molecule has 0 amide bonds. The minimum absolute atomic E-state index is 0.00164. The smallest absolute Gasteiger partial charge is 0.307 e. The first-order valence-corrected chi connectivity index (χ1v) is 15.7. The average molecular weight is 541 g/mol. The molecule has 2 fully saturated rings. The first kappa shape index (κ1) is 30.0. The van der Waals surface area contributed by atoms with Gasteiger partial charge in [-0.05, 0) is 52.4 Å². The number of rotatable bonds is 14. The lowest BCUT2D eigenvalue weighted by Crippen LogP contribution is -2.31. The number of hydrogen-bond acceptors (Lipinski definition) is 10. The summed E-state index contributed by atoms with van der Waals surface area (Å²) in [5.41, 5.74) is -2.77. The Hall–Kier alpha value is -1.24. The summed E-state index contributed by atoms with van der Waals surface area (Å²) in [6.07, 6.45) is 9.10. The second-order valence-electron chi connectivity index (χ2n) is 9.37. The molecule has 0 radical (unpaired) electrons. The van der Waals surface area contributed by atoms with E-state index in [0.717, 1.165) is 38.5 Å². The van der Waals surface area contributed by atoms with Crippen LogP contribution in [0, 0.1) is 0 Å². The van der Waals surface area contributed by atoms with Gasteiger partial charge in [-0.25, -0.2) is 0 Å². The molecule has 0 aliphatic heterocycles. The van der Waals surface area contributed by atoms with E-state index in [4.69, 9.17) is 17.8 Å². The van der Waals surface area contributed by atoms with Crippen molar-refractivity contribution < 1.29 is 44.3 Å². The Morgan fingerprint density at radius 2 is 0.971 bits per heavy atom. The van der Waals surface area contributed by atoms with E-state index < -0.39 is 43.0 Å². The molecule has 2 saturated carbocycles. The Kier molecular flexibility index (Phi) is 12.4. The zero-order chi connectivity index (χ0) is 25.9. The van der Waals surface area contributed by atoms with Crippen LogP contribution in [0.3, 0.4) is 0 Å². The van der Waals surface area contributed by atoms with Gasteiger partial charge in [0.1, 0.15) is 0 Å². The van der Waals surface area contributed by atoms with Crippen molar-refractivity contribution in [2.24, 2.45) is 0 Å². The number of ether oxygens (including phenoxy) is 2. The fourth-order valence-electron chi connectivity index (χ4n) is 4.18. The van der Waals surface area contributed by atoms with Gasteiger partial charge in [0.2, 0.25) is 10.9 Å². The van der Waals surface area contributed by atoms with Gasteiger partial charge in [0.05, 0.1) is 12.2 Å². The summed E-state index contributed by atoms with van der Waals surface area (Å²) in [4.78, 5) is 24.0. The van der Waals surface area contributed by atoms with Crippen molar-refractivity contribution in [2.75, 3.05) is 0 Å². The largest absolute Gasteiger partial charge is 0.444 e. The summed E-state index contributed by atoms with van der Waals surface area (Å²) in [5.74, 6) is -1.31. The van der Waals surface area contributed by atoms with Crippen molar-refractivity contribution in [3.63, 3.8) is 0 Å². The summed E-state index contributed by atoms with van der Waals surface area (Å²) < 4.78 is 69.4. The fraction of sp³-hybridized carbons (Fsp3) is 0.913. The summed E-state index contributed by atoms with van der Waals surface area (Å²) in [7, 11) is -8.00. The van der Waals surface area contributed by atoms with Gasteiger partial charge in [0.25, 0.3) is 0 Å². The molecule has 2 aliphatic carbocycles. The normalized spacial score (nSPS) is 20.2. The van der Waals surface area contributed by atoms with Crippen molar-refractivity contribution in [1.29, 1.82) is 0 Å². The lowest BCUT2D eigenvalue weighted by molar-refractivity contribution is -0.145. The number of hydrogen-bond donors (Lipinski definition) is 0. The maximum Gasteiger partial charge on any atom is 0.307 e. The molecule has 0 aromatic rings. The SMILES string of the molecule is CC(OC(=O)CCCCCC(=O)OC(C)S(=O)(=O)OC1CCCCC1)S(=O)(=O)OC1CCCCC1. The van der Waals surface area contributed by atoms with Crippen LogP contribution >= 0.6 is 0 Å². The number of esters is 2. The highest BCUT2D eigenvalue weighted by Crippen LogP contribution is 2.25. The van der Waals surface area contributed by atoms with Crippen LogP contribution in [0.15, 0.2) is 0 Å². The molecule has 10 nitrogen and oxygen atoms in total. The molecule has 2 atom stereocenters. The molecule has 2 rings (SSSR count). The maximum absolute atomic E-state index is 12.3. The van der Waals surface area contributed by atoms with Gasteiger partial charge in [-0.15, -0.1) is 0 Å². The molecule has 0 bridgehead atoms. The van der Waals surface area contributed by atoms with E-state index in [1.54, 1.807) is 0 Å². The van der Waals surface area contributed by atoms with Gasteiger partial charge in [0, 0.05) is 12.8 Å². The molecule has 0 heterocycles. The number of unbranched alkanes of at least 4 members (excludes halogenated alkanes) is 2. The fourth-order valence-corrected chi connectivity index (χ4v) is 6.09. The third kappa shape index (κ3) is 11.1. The van der Waals surface area contributed by atoms with E-state index >= 15 is 0 Å². The summed E-state index contributed by atoms with van der Waals surface area (Å²) in [6, 6.07) is 0. The van der Waals surface area contributed by atoms with Gasteiger partial charge < -0.3 is 9.47 Å². The Balaban J connectivity index is 1.60.